The minimum Gasteiger partial charge on any atom is -0.353 e. The molecule has 150 valence electrons. The van der Waals surface area contributed by atoms with Gasteiger partial charge in [-0.05, 0) is 29.8 Å². The summed E-state index contributed by atoms with van der Waals surface area (Å²) < 4.78 is 39.2. The molecule has 1 amide bonds. The molecule has 9 heteroatoms. The number of amides is 1. The van der Waals surface area contributed by atoms with Crippen LogP contribution in [0.25, 0.3) is 22.2 Å². The van der Waals surface area contributed by atoms with Crippen molar-refractivity contribution in [3.63, 3.8) is 0 Å². The quantitative estimate of drug-likeness (QED) is 0.528. The molecule has 2 aromatic heterocycles. The number of fused-ring (bicyclic) bond motifs is 1. The van der Waals surface area contributed by atoms with E-state index in [4.69, 9.17) is 0 Å². The van der Waals surface area contributed by atoms with Gasteiger partial charge in [-0.1, -0.05) is 18.2 Å². The summed E-state index contributed by atoms with van der Waals surface area (Å²) in [5, 5.41) is 2.96. The molecule has 0 unspecified atom stereocenters. The number of carbonyl (C=O) groups excluding carboxylic acids is 1. The zero-order chi connectivity index (χ0) is 21.3. The molecule has 2 N–H and O–H groups in total. The minimum absolute atomic E-state index is 0.196. The maximum atomic E-state index is 13.1. The highest BCUT2D eigenvalue weighted by atomic mass is 19.4. The fourth-order valence-corrected chi connectivity index (χ4v) is 3.01. The molecule has 30 heavy (non-hydrogen) atoms. The molecule has 0 saturated carbocycles. The van der Waals surface area contributed by atoms with Gasteiger partial charge in [-0.25, -0.2) is 9.97 Å². The average Bonchev–Trinajstić information content (AvgIpc) is 2.74. The average molecular weight is 410 g/mol. The van der Waals surface area contributed by atoms with Gasteiger partial charge in [0.05, 0.1) is 22.3 Å². The van der Waals surface area contributed by atoms with Gasteiger partial charge < -0.3 is 10.3 Å². The molecule has 0 atom stereocenters. The zero-order valence-electron chi connectivity index (χ0n) is 15.2. The van der Waals surface area contributed by atoms with Gasteiger partial charge >= 0.3 is 6.18 Å². The number of aromatic nitrogens is 3. The number of hydrogen-bond acceptors (Lipinski definition) is 4. The van der Waals surface area contributed by atoms with E-state index in [0.29, 0.717) is 11.2 Å². The van der Waals surface area contributed by atoms with Crippen molar-refractivity contribution in [2.75, 3.05) is 5.32 Å². The van der Waals surface area contributed by atoms with Crippen LogP contribution in [0.3, 0.4) is 0 Å². The van der Waals surface area contributed by atoms with Crippen LogP contribution in [0.15, 0.2) is 72.0 Å². The first-order valence-corrected chi connectivity index (χ1v) is 8.73. The number of H-pyrrole nitrogens is 1. The summed E-state index contributed by atoms with van der Waals surface area (Å²) in [7, 11) is 0. The van der Waals surface area contributed by atoms with E-state index >= 15 is 0 Å². The van der Waals surface area contributed by atoms with Crippen LogP contribution >= 0.6 is 0 Å². The van der Waals surface area contributed by atoms with Gasteiger partial charge in [-0.15, -0.1) is 0 Å². The van der Waals surface area contributed by atoms with Crippen molar-refractivity contribution in [1.82, 2.24) is 15.0 Å². The van der Waals surface area contributed by atoms with Gasteiger partial charge in [-0.2, -0.15) is 13.2 Å². The monoisotopic (exact) mass is 410 g/mol. The van der Waals surface area contributed by atoms with Gasteiger partial charge in [0.15, 0.2) is 5.43 Å². The van der Waals surface area contributed by atoms with Gasteiger partial charge in [0.1, 0.15) is 6.33 Å². The lowest BCUT2D eigenvalue weighted by atomic mass is 10.1. The standard InChI is InChI=1S/C21H13F3N4O2/c22-21(23,24)14-4-1-3-12(7-14)17-8-18(29)15-5-2-6-16(19(15)27-17)28-20(30)13-9-25-11-26-10-13/h1-11H,(H,27,29)(H,28,30). The number of aromatic amines is 1. The van der Waals surface area contributed by atoms with Crippen LogP contribution in [0.5, 0.6) is 0 Å². The van der Waals surface area contributed by atoms with Crippen molar-refractivity contribution < 1.29 is 18.0 Å². The van der Waals surface area contributed by atoms with E-state index in [1.807, 2.05) is 0 Å². The highest BCUT2D eigenvalue weighted by molar-refractivity contribution is 6.08. The number of nitrogens with zero attached hydrogens (tertiary/aromatic N) is 2. The molecule has 0 aliphatic carbocycles. The molecule has 0 saturated heterocycles. The topological polar surface area (TPSA) is 87.7 Å². The van der Waals surface area contributed by atoms with Gasteiger partial charge in [-0.3, -0.25) is 9.59 Å². The third-order valence-electron chi connectivity index (χ3n) is 4.44. The number of pyridine rings is 1. The van der Waals surface area contributed by atoms with Gasteiger partial charge in [0, 0.05) is 29.5 Å². The lowest BCUT2D eigenvalue weighted by Crippen LogP contribution is -2.14. The number of hydrogen-bond donors (Lipinski definition) is 2. The van der Waals surface area contributed by atoms with Gasteiger partial charge in [0.2, 0.25) is 0 Å². The first-order chi connectivity index (χ1) is 14.3. The Labute approximate surface area is 167 Å². The summed E-state index contributed by atoms with van der Waals surface area (Å²) in [5.41, 5.74) is -0.0209. The number of nitrogens with one attached hydrogen (secondary N) is 2. The lowest BCUT2D eigenvalue weighted by Gasteiger charge is -2.12. The summed E-state index contributed by atoms with van der Waals surface area (Å²) in [6, 6.07) is 10.6. The van der Waals surface area contributed by atoms with E-state index in [2.05, 4.69) is 20.3 Å². The number of halogens is 3. The van der Waals surface area contributed by atoms with Crippen LogP contribution < -0.4 is 10.7 Å². The Morgan fingerprint density at radius 3 is 2.47 bits per heavy atom. The molecule has 0 fully saturated rings. The van der Waals surface area contributed by atoms with E-state index in [1.165, 1.54) is 36.9 Å². The fourth-order valence-electron chi connectivity index (χ4n) is 3.01. The lowest BCUT2D eigenvalue weighted by molar-refractivity contribution is -0.137. The third kappa shape index (κ3) is 3.77. The van der Waals surface area contributed by atoms with E-state index < -0.39 is 23.1 Å². The summed E-state index contributed by atoms with van der Waals surface area (Å²) in [5.74, 6) is -0.492. The first kappa shape index (κ1) is 19.3. The highest BCUT2D eigenvalue weighted by Gasteiger charge is 2.30. The SMILES string of the molecule is O=C(Nc1cccc2c(=O)cc(-c3cccc(C(F)(F)F)c3)[nH]c12)c1cncnc1. The highest BCUT2D eigenvalue weighted by Crippen LogP contribution is 2.32. The van der Waals surface area contributed by atoms with Crippen molar-refractivity contribution in [2.24, 2.45) is 0 Å². The molecular weight excluding hydrogens is 397 g/mol. The molecule has 0 radical (unpaired) electrons. The second kappa shape index (κ2) is 7.43. The van der Waals surface area contributed by atoms with Gasteiger partial charge in [0.25, 0.3) is 5.91 Å². The molecule has 4 aromatic rings. The van der Waals surface area contributed by atoms with Crippen LogP contribution in [0.4, 0.5) is 18.9 Å². The number of benzene rings is 2. The number of carbonyl (C=O) groups is 1. The van der Waals surface area contributed by atoms with Crippen molar-refractivity contribution in [2.45, 2.75) is 6.18 Å². The minimum atomic E-state index is -4.51. The second-order valence-electron chi connectivity index (χ2n) is 6.44. The summed E-state index contributed by atoms with van der Waals surface area (Å²) in [4.78, 5) is 35.6. The smallest absolute Gasteiger partial charge is 0.353 e. The molecule has 0 spiro atoms. The van der Waals surface area contributed by atoms with Crippen molar-refractivity contribution in [1.29, 1.82) is 0 Å². The second-order valence-corrected chi connectivity index (χ2v) is 6.44. The molecule has 0 aliphatic heterocycles. The van der Waals surface area contributed by atoms with E-state index in [0.717, 1.165) is 12.1 Å². The van der Waals surface area contributed by atoms with Crippen molar-refractivity contribution in [3.8, 4) is 11.3 Å². The normalized spacial score (nSPS) is 11.4. The molecular formula is C21H13F3N4O2. The predicted molar refractivity (Wildman–Crippen MR) is 105 cm³/mol. The Morgan fingerprint density at radius 1 is 1.00 bits per heavy atom. The fraction of sp³-hybridized carbons (Fsp3) is 0.0476. The summed E-state index contributed by atoms with van der Waals surface area (Å²) >= 11 is 0. The Balaban J connectivity index is 1.81. The van der Waals surface area contributed by atoms with Crippen LogP contribution in [0, 0.1) is 0 Å². The van der Waals surface area contributed by atoms with Crippen LogP contribution in [-0.2, 0) is 6.18 Å². The predicted octanol–water partition coefficient (Wildman–Crippen LogP) is 4.26. The Hall–Kier alpha value is -4.01. The number of rotatable bonds is 3. The van der Waals surface area contributed by atoms with Crippen molar-refractivity contribution in [3.05, 3.63) is 88.6 Å². The Morgan fingerprint density at radius 2 is 1.73 bits per heavy atom. The molecule has 4 rings (SSSR count). The molecule has 2 heterocycles. The first-order valence-electron chi connectivity index (χ1n) is 8.73. The van der Waals surface area contributed by atoms with Crippen LogP contribution in [0.1, 0.15) is 15.9 Å². The zero-order valence-corrected chi connectivity index (χ0v) is 15.2. The molecule has 6 nitrogen and oxygen atoms in total. The molecule has 0 aliphatic rings. The summed E-state index contributed by atoms with van der Waals surface area (Å²) in [6.45, 7) is 0. The number of para-hydroxylation sites is 1. The Kier molecular flexibility index (Phi) is 4.78. The van der Waals surface area contributed by atoms with Crippen molar-refractivity contribution >= 4 is 22.5 Å². The van der Waals surface area contributed by atoms with Crippen LogP contribution in [0.2, 0.25) is 0 Å². The summed E-state index contributed by atoms with van der Waals surface area (Å²) in [6.07, 6.45) is -0.549. The Bertz CT molecular complexity index is 1300. The maximum absolute atomic E-state index is 13.1. The van der Waals surface area contributed by atoms with E-state index in [1.54, 1.807) is 18.2 Å². The largest absolute Gasteiger partial charge is 0.416 e. The molecule has 2 aromatic carbocycles. The van der Waals surface area contributed by atoms with E-state index in [9.17, 15) is 22.8 Å². The maximum Gasteiger partial charge on any atom is 0.416 e. The van der Waals surface area contributed by atoms with Crippen LogP contribution in [-0.4, -0.2) is 20.9 Å². The third-order valence-corrected chi connectivity index (χ3v) is 4.44. The number of anilines is 1. The van der Waals surface area contributed by atoms with E-state index in [-0.39, 0.29) is 22.2 Å². The molecule has 0 bridgehead atoms. The number of alkyl halides is 3.